The highest BCUT2D eigenvalue weighted by atomic mass is 32.2. The summed E-state index contributed by atoms with van der Waals surface area (Å²) in [5.74, 6) is 0.950. The summed E-state index contributed by atoms with van der Waals surface area (Å²) in [5, 5.41) is 2.91. The van der Waals surface area contributed by atoms with Crippen molar-refractivity contribution in [1.29, 1.82) is 0 Å². The minimum atomic E-state index is -4.44. The fraction of sp³-hybridized carbons (Fsp3) is 0.417. The molecule has 0 saturated carbocycles. The van der Waals surface area contributed by atoms with Crippen LogP contribution < -0.4 is 11.1 Å². The van der Waals surface area contributed by atoms with E-state index in [4.69, 9.17) is 18.0 Å². The molecular weight excluding hydrogens is 309 g/mol. The van der Waals surface area contributed by atoms with Crippen LogP contribution in [0.1, 0.15) is 18.1 Å². The molecule has 3 N–H and O–H groups in total. The van der Waals surface area contributed by atoms with Crippen LogP contribution in [0.2, 0.25) is 0 Å². The van der Waals surface area contributed by atoms with E-state index in [0.717, 1.165) is 12.1 Å². The molecule has 0 bridgehead atoms. The molecule has 20 heavy (non-hydrogen) atoms. The van der Waals surface area contributed by atoms with Crippen LogP contribution in [0.15, 0.2) is 18.2 Å². The summed E-state index contributed by atoms with van der Waals surface area (Å²) >= 11 is 4.77. The first kappa shape index (κ1) is 16.9. The van der Waals surface area contributed by atoms with Gasteiger partial charge in [0.1, 0.15) is 4.99 Å². The summed E-state index contributed by atoms with van der Waals surface area (Å²) in [6.07, 6.45) is -4.44. The summed E-state index contributed by atoms with van der Waals surface area (Å²) in [4.78, 5) is -0.116. The maximum Gasteiger partial charge on any atom is 0.416 e. The maximum absolute atomic E-state index is 12.6. The Balaban J connectivity index is 2.91. The Morgan fingerprint density at radius 2 is 2.10 bits per heavy atom. The van der Waals surface area contributed by atoms with Gasteiger partial charge in [-0.3, -0.25) is 4.21 Å². The zero-order valence-electron chi connectivity index (χ0n) is 10.8. The van der Waals surface area contributed by atoms with Crippen molar-refractivity contribution >= 4 is 33.7 Å². The van der Waals surface area contributed by atoms with E-state index in [2.05, 4.69) is 5.32 Å². The summed E-state index contributed by atoms with van der Waals surface area (Å²) in [6.45, 7) is 2.18. The lowest BCUT2D eigenvalue weighted by Gasteiger charge is -2.14. The minimum Gasteiger partial charge on any atom is -0.389 e. The Bertz CT molecular complexity index is 518. The third kappa shape index (κ3) is 4.75. The van der Waals surface area contributed by atoms with Crippen LogP contribution in [0.5, 0.6) is 0 Å². The number of alkyl halides is 3. The number of nitrogens with two attached hydrogens (primary N) is 1. The Morgan fingerprint density at radius 1 is 1.45 bits per heavy atom. The number of rotatable bonds is 6. The average Bonchev–Trinajstić information content (AvgIpc) is 2.37. The molecule has 0 heterocycles. The molecule has 0 aromatic heterocycles. The van der Waals surface area contributed by atoms with Gasteiger partial charge >= 0.3 is 6.18 Å². The van der Waals surface area contributed by atoms with Gasteiger partial charge in [0.15, 0.2) is 0 Å². The lowest BCUT2D eigenvalue weighted by Crippen LogP contribution is -2.18. The number of nitrogens with one attached hydrogen (secondary N) is 1. The molecule has 0 aliphatic heterocycles. The monoisotopic (exact) mass is 324 g/mol. The number of halogens is 3. The number of anilines is 1. The molecule has 1 atom stereocenters. The topological polar surface area (TPSA) is 55.1 Å². The van der Waals surface area contributed by atoms with Gasteiger partial charge in [-0.1, -0.05) is 19.1 Å². The number of hydrogen-bond acceptors (Lipinski definition) is 3. The Hall–Kier alpha value is -1.15. The highest BCUT2D eigenvalue weighted by Gasteiger charge is 2.31. The van der Waals surface area contributed by atoms with E-state index in [-0.39, 0.29) is 10.6 Å². The van der Waals surface area contributed by atoms with Crippen LogP contribution in [-0.2, 0) is 17.0 Å². The number of benzene rings is 1. The molecule has 0 aliphatic rings. The summed E-state index contributed by atoms with van der Waals surface area (Å²) in [5.41, 5.74) is 5.20. The largest absolute Gasteiger partial charge is 0.416 e. The number of thiocarbonyl (C=S) groups is 1. The molecular formula is C12H15F3N2OS2. The fourth-order valence-electron chi connectivity index (χ4n) is 1.52. The van der Waals surface area contributed by atoms with Crippen molar-refractivity contribution in [3.05, 3.63) is 29.3 Å². The van der Waals surface area contributed by atoms with Gasteiger partial charge in [0.25, 0.3) is 0 Å². The van der Waals surface area contributed by atoms with Crippen molar-refractivity contribution in [2.75, 3.05) is 23.4 Å². The van der Waals surface area contributed by atoms with E-state index in [1.54, 1.807) is 6.92 Å². The zero-order valence-corrected chi connectivity index (χ0v) is 12.4. The predicted molar refractivity (Wildman–Crippen MR) is 79.4 cm³/mol. The molecule has 1 aromatic rings. The summed E-state index contributed by atoms with van der Waals surface area (Å²) < 4.78 is 49.1. The van der Waals surface area contributed by atoms with Crippen molar-refractivity contribution < 1.29 is 17.4 Å². The van der Waals surface area contributed by atoms with Gasteiger partial charge in [0, 0.05) is 40.1 Å². The summed E-state index contributed by atoms with van der Waals surface area (Å²) in [7, 11) is -0.943. The van der Waals surface area contributed by atoms with Crippen molar-refractivity contribution in [3.63, 3.8) is 0 Å². The third-order valence-corrected chi connectivity index (χ3v) is 4.10. The van der Waals surface area contributed by atoms with Crippen molar-refractivity contribution in [1.82, 2.24) is 0 Å². The second kappa shape index (κ2) is 7.03. The maximum atomic E-state index is 12.6. The highest BCUT2D eigenvalue weighted by Crippen LogP contribution is 2.31. The van der Waals surface area contributed by atoms with E-state index in [1.165, 1.54) is 6.07 Å². The van der Waals surface area contributed by atoms with Crippen LogP contribution in [0.4, 0.5) is 18.9 Å². The number of hydrogen-bond donors (Lipinski definition) is 2. The molecule has 112 valence electrons. The molecule has 0 aliphatic carbocycles. The standard InChI is InChI=1S/C12H15F3N2OS2/c1-2-20(18)6-5-17-10-4-3-8(12(13,14)15)7-9(10)11(16)19/h3-4,7,17H,2,5-6H2,1H3,(H2,16,19). The van der Waals surface area contributed by atoms with Gasteiger partial charge in [-0.2, -0.15) is 13.2 Å². The summed E-state index contributed by atoms with van der Waals surface area (Å²) in [6, 6.07) is 3.16. The van der Waals surface area contributed by atoms with Crippen LogP contribution in [0, 0.1) is 0 Å². The first-order chi connectivity index (χ1) is 9.25. The van der Waals surface area contributed by atoms with Gasteiger partial charge in [-0.25, -0.2) is 0 Å². The molecule has 0 fully saturated rings. The van der Waals surface area contributed by atoms with E-state index in [9.17, 15) is 17.4 Å². The smallest absolute Gasteiger partial charge is 0.389 e. The van der Waals surface area contributed by atoms with Gasteiger partial charge in [0.2, 0.25) is 0 Å². The molecule has 1 rings (SSSR count). The van der Waals surface area contributed by atoms with Crippen LogP contribution in [0.3, 0.4) is 0 Å². The lowest BCUT2D eigenvalue weighted by atomic mass is 10.1. The second-order valence-corrected chi connectivity index (χ2v) is 6.29. The minimum absolute atomic E-state index is 0.116. The third-order valence-electron chi connectivity index (χ3n) is 2.58. The second-order valence-electron chi connectivity index (χ2n) is 3.98. The van der Waals surface area contributed by atoms with Crippen LogP contribution in [0.25, 0.3) is 0 Å². The Kier molecular flexibility index (Phi) is 5.94. The van der Waals surface area contributed by atoms with Crippen LogP contribution >= 0.6 is 12.2 Å². The lowest BCUT2D eigenvalue weighted by molar-refractivity contribution is -0.137. The van der Waals surface area contributed by atoms with Crippen molar-refractivity contribution in [2.24, 2.45) is 5.73 Å². The normalized spacial score (nSPS) is 13.0. The predicted octanol–water partition coefficient (Wildman–Crippen LogP) is 2.52. The molecule has 8 heteroatoms. The first-order valence-corrected chi connectivity index (χ1v) is 7.75. The van der Waals surface area contributed by atoms with Crippen LogP contribution in [-0.4, -0.2) is 27.2 Å². The molecule has 1 aromatic carbocycles. The van der Waals surface area contributed by atoms with E-state index < -0.39 is 22.5 Å². The van der Waals surface area contributed by atoms with Crippen molar-refractivity contribution in [2.45, 2.75) is 13.1 Å². The molecule has 0 saturated heterocycles. The van der Waals surface area contributed by atoms with Crippen molar-refractivity contribution in [3.8, 4) is 0 Å². The SMILES string of the molecule is CCS(=O)CCNc1ccc(C(F)(F)F)cc1C(N)=S. The molecule has 0 radical (unpaired) electrons. The molecule has 0 spiro atoms. The van der Waals surface area contributed by atoms with Gasteiger partial charge in [-0.05, 0) is 18.2 Å². The quantitative estimate of drug-likeness (QED) is 0.790. The Labute approximate surface area is 123 Å². The highest BCUT2D eigenvalue weighted by molar-refractivity contribution is 7.84. The van der Waals surface area contributed by atoms with E-state index >= 15 is 0 Å². The van der Waals surface area contributed by atoms with Gasteiger partial charge in [-0.15, -0.1) is 0 Å². The molecule has 3 nitrogen and oxygen atoms in total. The van der Waals surface area contributed by atoms with Gasteiger partial charge in [0.05, 0.1) is 5.56 Å². The van der Waals surface area contributed by atoms with E-state index in [1.807, 2.05) is 0 Å². The average molecular weight is 324 g/mol. The Morgan fingerprint density at radius 3 is 2.60 bits per heavy atom. The zero-order chi connectivity index (χ0) is 15.3. The van der Waals surface area contributed by atoms with E-state index in [0.29, 0.717) is 23.7 Å². The molecule has 1 unspecified atom stereocenters. The first-order valence-electron chi connectivity index (χ1n) is 5.85. The fourth-order valence-corrected chi connectivity index (χ4v) is 2.31. The van der Waals surface area contributed by atoms with Gasteiger partial charge < -0.3 is 11.1 Å². The molecule has 0 amide bonds.